The summed E-state index contributed by atoms with van der Waals surface area (Å²) in [5.41, 5.74) is 1.20. The molecular formula is C24H46BN4. The fourth-order valence-corrected chi connectivity index (χ4v) is 3.61. The van der Waals surface area contributed by atoms with E-state index in [1.165, 1.54) is 63.4 Å². The first-order valence-corrected chi connectivity index (χ1v) is 11.9. The third-order valence-electron chi connectivity index (χ3n) is 5.78. The van der Waals surface area contributed by atoms with Crippen LogP contribution in [0.2, 0.25) is 0 Å². The summed E-state index contributed by atoms with van der Waals surface area (Å²) in [5.74, 6) is 1.92. The molecule has 0 saturated carbocycles. The van der Waals surface area contributed by atoms with Crippen LogP contribution >= 0.6 is 0 Å². The number of aryl methyl sites for hydroxylation is 1. The Balaban J connectivity index is 0.000000530. The maximum Gasteiger partial charge on any atom is 0.225 e. The van der Waals surface area contributed by atoms with Gasteiger partial charge in [0.1, 0.15) is 0 Å². The standard InChI is InChI=1S/C13H28.C11H18N4.B/c1-4-7-10-13(11-8-5-2)12-9-6-3;1-3-10-8-12-11(13-9-10)15-6-4-14(2)5-7-15;/h13H,4-12H2,1-3H3;8-9H,3-7H2,1-2H3;. The van der Waals surface area contributed by atoms with Crippen molar-refractivity contribution >= 4 is 14.4 Å². The van der Waals surface area contributed by atoms with Gasteiger partial charge >= 0.3 is 0 Å². The highest BCUT2D eigenvalue weighted by Gasteiger charge is 2.15. The van der Waals surface area contributed by atoms with E-state index < -0.39 is 0 Å². The van der Waals surface area contributed by atoms with E-state index in [1.807, 2.05) is 12.4 Å². The molecule has 1 aliphatic rings. The Morgan fingerprint density at radius 3 is 1.62 bits per heavy atom. The first kappa shape index (κ1) is 27.9. The Bertz CT molecular complexity index is 453. The lowest BCUT2D eigenvalue weighted by molar-refractivity contribution is 0.311. The molecule has 0 amide bonds. The molecular weight excluding hydrogens is 355 g/mol. The van der Waals surface area contributed by atoms with Gasteiger partial charge in [-0.05, 0) is 24.9 Å². The number of likely N-dealkylation sites (N-methyl/N-ethyl adjacent to an activating group) is 1. The van der Waals surface area contributed by atoms with Crippen LogP contribution in [0.5, 0.6) is 0 Å². The number of hydrogen-bond donors (Lipinski definition) is 0. The summed E-state index contributed by atoms with van der Waals surface area (Å²) in [4.78, 5) is 13.4. The van der Waals surface area contributed by atoms with E-state index in [4.69, 9.17) is 0 Å². The normalized spacial score (nSPS) is 14.3. The minimum absolute atomic E-state index is 0. The molecule has 0 bridgehead atoms. The highest BCUT2D eigenvalue weighted by molar-refractivity contribution is 5.75. The molecule has 3 radical (unpaired) electrons. The molecule has 0 aliphatic carbocycles. The van der Waals surface area contributed by atoms with Crippen LogP contribution in [0.3, 0.4) is 0 Å². The van der Waals surface area contributed by atoms with Crippen molar-refractivity contribution < 1.29 is 0 Å². The zero-order chi connectivity index (χ0) is 20.6. The number of nitrogens with zero attached hydrogens (tertiary/aromatic N) is 4. The Kier molecular flexibility index (Phi) is 17.1. The first-order chi connectivity index (χ1) is 13.6. The molecule has 4 nitrogen and oxygen atoms in total. The van der Waals surface area contributed by atoms with Crippen molar-refractivity contribution in [3.05, 3.63) is 18.0 Å². The summed E-state index contributed by atoms with van der Waals surface area (Å²) in [5, 5.41) is 0. The molecule has 1 saturated heterocycles. The van der Waals surface area contributed by atoms with Gasteiger partial charge in [0.25, 0.3) is 0 Å². The number of unbranched alkanes of at least 4 members (excludes halogenated alkanes) is 3. The topological polar surface area (TPSA) is 32.3 Å². The quantitative estimate of drug-likeness (QED) is 0.453. The van der Waals surface area contributed by atoms with Crippen LogP contribution in [0.1, 0.15) is 91.0 Å². The molecule has 0 aromatic carbocycles. The average molecular weight is 401 g/mol. The number of anilines is 1. The number of aromatic nitrogens is 2. The molecule has 0 unspecified atom stereocenters. The summed E-state index contributed by atoms with van der Waals surface area (Å²) in [7, 11) is 2.15. The summed E-state index contributed by atoms with van der Waals surface area (Å²) in [6, 6.07) is 0. The van der Waals surface area contributed by atoms with Gasteiger partial charge in [0.2, 0.25) is 5.95 Å². The number of hydrogen-bond acceptors (Lipinski definition) is 4. The second-order valence-corrected chi connectivity index (χ2v) is 8.33. The predicted octanol–water partition coefficient (Wildman–Crippen LogP) is 5.58. The summed E-state index contributed by atoms with van der Waals surface area (Å²) in [6.45, 7) is 13.3. The molecule has 2 rings (SSSR count). The molecule has 5 heteroatoms. The van der Waals surface area contributed by atoms with Crippen LogP contribution in [0.15, 0.2) is 12.4 Å². The van der Waals surface area contributed by atoms with E-state index in [0.717, 1.165) is 44.5 Å². The first-order valence-electron chi connectivity index (χ1n) is 11.9. The fraction of sp³-hybridized carbons (Fsp3) is 0.833. The van der Waals surface area contributed by atoms with Gasteiger partial charge in [-0.3, -0.25) is 0 Å². The summed E-state index contributed by atoms with van der Waals surface area (Å²) in [6.07, 6.45) is 17.8. The minimum Gasteiger partial charge on any atom is -0.338 e. The third kappa shape index (κ3) is 12.3. The van der Waals surface area contributed by atoms with Gasteiger partial charge in [-0.1, -0.05) is 85.5 Å². The molecule has 165 valence electrons. The Labute approximate surface area is 183 Å². The van der Waals surface area contributed by atoms with Gasteiger partial charge in [-0.2, -0.15) is 0 Å². The molecule has 0 atom stereocenters. The maximum atomic E-state index is 4.39. The van der Waals surface area contributed by atoms with Crippen LogP contribution in [0.4, 0.5) is 5.95 Å². The van der Waals surface area contributed by atoms with Crippen molar-refractivity contribution in [2.45, 2.75) is 91.9 Å². The van der Waals surface area contributed by atoms with E-state index >= 15 is 0 Å². The molecule has 1 aliphatic heterocycles. The van der Waals surface area contributed by atoms with Crippen molar-refractivity contribution in [1.82, 2.24) is 14.9 Å². The predicted molar refractivity (Wildman–Crippen MR) is 129 cm³/mol. The number of rotatable bonds is 11. The second kappa shape index (κ2) is 17.7. The van der Waals surface area contributed by atoms with Crippen LogP contribution < -0.4 is 4.90 Å². The lowest BCUT2D eigenvalue weighted by atomic mass is 9.91. The largest absolute Gasteiger partial charge is 0.338 e. The van der Waals surface area contributed by atoms with E-state index in [1.54, 1.807) is 0 Å². The molecule has 29 heavy (non-hydrogen) atoms. The van der Waals surface area contributed by atoms with Crippen LogP contribution in [0, 0.1) is 5.92 Å². The molecule has 2 heterocycles. The molecule has 0 N–H and O–H groups in total. The second-order valence-electron chi connectivity index (χ2n) is 8.33. The van der Waals surface area contributed by atoms with E-state index in [0.29, 0.717) is 0 Å². The van der Waals surface area contributed by atoms with E-state index in [2.05, 4.69) is 54.5 Å². The van der Waals surface area contributed by atoms with Gasteiger partial charge in [0.15, 0.2) is 0 Å². The summed E-state index contributed by atoms with van der Waals surface area (Å²) < 4.78 is 0. The summed E-state index contributed by atoms with van der Waals surface area (Å²) >= 11 is 0. The third-order valence-corrected chi connectivity index (χ3v) is 5.78. The van der Waals surface area contributed by atoms with Gasteiger partial charge in [0, 0.05) is 47.0 Å². The van der Waals surface area contributed by atoms with Crippen molar-refractivity contribution in [3.8, 4) is 0 Å². The van der Waals surface area contributed by atoms with Crippen molar-refractivity contribution in [2.24, 2.45) is 5.92 Å². The van der Waals surface area contributed by atoms with Crippen molar-refractivity contribution in [3.63, 3.8) is 0 Å². The van der Waals surface area contributed by atoms with Gasteiger partial charge in [-0.25, -0.2) is 9.97 Å². The lowest BCUT2D eigenvalue weighted by Crippen LogP contribution is -2.45. The smallest absolute Gasteiger partial charge is 0.225 e. The van der Waals surface area contributed by atoms with Crippen molar-refractivity contribution in [1.29, 1.82) is 0 Å². The highest BCUT2D eigenvalue weighted by atomic mass is 15.3. The molecule has 0 spiro atoms. The Morgan fingerprint density at radius 2 is 1.24 bits per heavy atom. The molecule has 1 fully saturated rings. The average Bonchev–Trinajstić information content (AvgIpc) is 2.74. The number of piperazine rings is 1. The molecule has 1 aromatic rings. The highest BCUT2D eigenvalue weighted by Crippen LogP contribution is 2.21. The van der Waals surface area contributed by atoms with Crippen molar-refractivity contribution in [2.75, 3.05) is 38.1 Å². The van der Waals surface area contributed by atoms with E-state index in [-0.39, 0.29) is 8.41 Å². The lowest BCUT2D eigenvalue weighted by Gasteiger charge is -2.32. The fourth-order valence-electron chi connectivity index (χ4n) is 3.61. The van der Waals surface area contributed by atoms with Gasteiger partial charge in [-0.15, -0.1) is 0 Å². The zero-order valence-electron chi connectivity index (χ0n) is 20.0. The Hall–Kier alpha value is -1.10. The van der Waals surface area contributed by atoms with Crippen LogP contribution in [0.25, 0.3) is 0 Å². The van der Waals surface area contributed by atoms with Crippen LogP contribution in [-0.4, -0.2) is 56.5 Å². The maximum absolute atomic E-state index is 4.39. The van der Waals surface area contributed by atoms with Gasteiger partial charge < -0.3 is 9.80 Å². The Morgan fingerprint density at radius 1 is 0.793 bits per heavy atom. The van der Waals surface area contributed by atoms with Gasteiger partial charge in [0.05, 0.1) is 0 Å². The monoisotopic (exact) mass is 401 g/mol. The molecule has 1 aromatic heterocycles. The van der Waals surface area contributed by atoms with Crippen LogP contribution in [-0.2, 0) is 6.42 Å². The SMILES string of the molecule is CCCCC(CCCC)CCCC.CCc1cnc(N2CCN(C)CC2)nc1.[B]. The van der Waals surface area contributed by atoms with E-state index in [9.17, 15) is 0 Å². The zero-order valence-corrected chi connectivity index (χ0v) is 20.0. The minimum atomic E-state index is 0.